The van der Waals surface area contributed by atoms with Gasteiger partial charge in [-0.05, 0) is 52.2 Å². The summed E-state index contributed by atoms with van der Waals surface area (Å²) in [5.41, 5.74) is 1.13. The molecule has 1 fully saturated rings. The van der Waals surface area contributed by atoms with Crippen LogP contribution in [0.3, 0.4) is 0 Å². The third-order valence-corrected chi connectivity index (χ3v) is 4.03. The van der Waals surface area contributed by atoms with Gasteiger partial charge in [0.15, 0.2) is 0 Å². The van der Waals surface area contributed by atoms with Crippen LogP contribution in [-0.4, -0.2) is 29.4 Å². The Morgan fingerprint density at radius 2 is 1.57 bits per heavy atom. The zero-order valence-electron chi connectivity index (χ0n) is 14.0. The van der Waals surface area contributed by atoms with E-state index in [1.165, 1.54) is 0 Å². The van der Waals surface area contributed by atoms with Gasteiger partial charge in [0.2, 0.25) is 0 Å². The first-order chi connectivity index (χ1) is 9.64. The van der Waals surface area contributed by atoms with Crippen LogP contribution < -0.4 is 5.46 Å². The highest BCUT2D eigenvalue weighted by molar-refractivity contribution is 6.62. The average Bonchev–Trinajstić information content (AvgIpc) is 2.61. The second-order valence-corrected chi connectivity index (χ2v) is 5.96. The fraction of sp³-hybridized carbons (Fsp3) is 0.562. The molecule has 0 amide bonds. The Balaban J connectivity index is 0.00000106. The van der Waals surface area contributed by atoms with Gasteiger partial charge in [-0.15, -0.1) is 0 Å². The highest BCUT2D eigenvalue weighted by Crippen LogP contribution is 2.36. The average molecular weight is 292 g/mol. The molecule has 1 aromatic carbocycles. The first-order valence-electron chi connectivity index (χ1n) is 7.33. The fourth-order valence-electron chi connectivity index (χ4n) is 2.00. The minimum atomic E-state index is -0.947. The van der Waals surface area contributed by atoms with E-state index in [-0.39, 0.29) is 5.56 Å². The van der Waals surface area contributed by atoms with E-state index in [1.807, 2.05) is 48.5 Å². The van der Waals surface area contributed by atoms with Crippen LogP contribution in [0.5, 0.6) is 0 Å². The Labute approximate surface area is 127 Å². The monoisotopic (exact) mass is 292 g/mol. The van der Waals surface area contributed by atoms with Crippen molar-refractivity contribution in [2.45, 2.75) is 59.7 Å². The molecule has 0 saturated carbocycles. The molecule has 2 rings (SSSR count). The van der Waals surface area contributed by atoms with Crippen molar-refractivity contribution in [3.05, 3.63) is 29.3 Å². The van der Waals surface area contributed by atoms with Crippen molar-refractivity contribution in [2.24, 2.45) is 0 Å². The van der Waals surface area contributed by atoms with Crippen molar-refractivity contribution in [3.8, 4) is 0 Å². The van der Waals surface area contributed by atoms with Crippen LogP contribution in [0.2, 0.25) is 0 Å². The minimum Gasteiger partial charge on any atom is -0.478 e. The number of rotatable bonds is 2. The smallest absolute Gasteiger partial charge is 0.478 e. The Bertz CT molecular complexity index is 507. The van der Waals surface area contributed by atoms with Crippen molar-refractivity contribution in [2.75, 3.05) is 0 Å². The Kier molecular flexibility index (Phi) is 5.23. The standard InChI is InChI=1S/C14H19BO4.C2H6/c1-9-6-7-10(12(16)17)8-11(9)15-18-13(2,3)14(4,5)19-15;1-2/h6-8H,1-5H3,(H,16,17);1-2H3. The normalized spacial score (nSPS) is 18.9. The molecule has 0 aliphatic carbocycles. The number of carboxylic acids is 1. The van der Waals surface area contributed by atoms with Crippen LogP contribution in [-0.2, 0) is 9.31 Å². The third kappa shape index (κ3) is 3.47. The van der Waals surface area contributed by atoms with Crippen LogP contribution in [0.25, 0.3) is 0 Å². The van der Waals surface area contributed by atoms with Crippen LogP contribution in [0.1, 0.15) is 57.5 Å². The summed E-state index contributed by atoms with van der Waals surface area (Å²) in [6.45, 7) is 13.8. The summed E-state index contributed by atoms with van der Waals surface area (Å²) >= 11 is 0. The molecule has 1 aromatic rings. The van der Waals surface area contributed by atoms with E-state index in [1.54, 1.807) is 18.2 Å². The molecule has 0 spiro atoms. The zero-order chi connectivity index (χ0) is 16.4. The summed E-state index contributed by atoms with van der Waals surface area (Å²) in [6, 6.07) is 5.00. The lowest BCUT2D eigenvalue weighted by Crippen LogP contribution is -2.41. The van der Waals surface area contributed by atoms with E-state index < -0.39 is 24.3 Å². The molecule has 1 saturated heterocycles. The zero-order valence-corrected chi connectivity index (χ0v) is 14.0. The predicted molar refractivity (Wildman–Crippen MR) is 85.2 cm³/mol. The van der Waals surface area contributed by atoms with E-state index in [9.17, 15) is 4.79 Å². The maximum absolute atomic E-state index is 11.1. The Hall–Kier alpha value is -1.33. The highest BCUT2D eigenvalue weighted by Gasteiger charge is 2.52. The second kappa shape index (κ2) is 6.20. The molecule has 1 N–H and O–H groups in total. The third-order valence-electron chi connectivity index (χ3n) is 4.03. The molecule has 116 valence electrons. The molecule has 0 bridgehead atoms. The lowest BCUT2D eigenvalue weighted by atomic mass is 9.75. The summed E-state index contributed by atoms with van der Waals surface area (Å²) in [4.78, 5) is 11.1. The van der Waals surface area contributed by atoms with Gasteiger partial charge in [-0.2, -0.15) is 0 Å². The van der Waals surface area contributed by atoms with Crippen LogP contribution >= 0.6 is 0 Å². The molecular formula is C16H25BO4. The Morgan fingerprint density at radius 1 is 1.10 bits per heavy atom. The fourth-order valence-corrected chi connectivity index (χ4v) is 2.00. The molecular weight excluding hydrogens is 267 g/mol. The van der Waals surface area contributed by atoms with Gasteiger partial charge in [-0.3, -0.25) is 0 Å². The summed E-state index contributed by atoms with van der Waals surface area (Å²) < 4.78 is 11.9. The quantitative estimate of drug-likeness (QED) is 0.851. The van der Waals surface area contributed by atoms with Crippen molar-refractivity contribution in [1.29, 1.82) is 0 Å². The molecule has 4 nitrogen and oxygen atoms in total. The first kappa shape index (κ1) is 17.7. The molecule has 21 heavy (non-hydrogen) atoms. The van der Waals surface area contributed by atoms with E-state index in [2.05, 4.69) is 0 Å². The van der Waals surface area contributed by atoms with E-state index in [0.717, 1.165) is 11.0 Å². The van der Waals surface area contributed by atoms with Crippen molar-refractivity contribution in [1.82, 2.24) is 0 Å². The van der Waals surface area contributed by atoms with Crippen LogP contribution in [0.4, 0.5) is 0 Å². The summed E-state index contributed by atoms with van der Waals surface area (Å²) in [7, 11) is -0.524. The second-order valence-electron chi connectivity index (χ2n) is 5.96. The van der Waals surface area contributed by atoms with Gasteiger partial charge in [-0.1, -0.05) is 25.5 Å². The number of carboxylic acid groups (broad SMARTS) is 1. The summed E-state index contributed by atoms with van der Waals surface area (Å²) in [5.74, 6) is -0.947. The maximum Gasteiger partial charge on any atom is 0.495 e. The summed E-state index contributed by atoms with van der Waals surface area (Å²) in [5, 5.41) is 9.07. The molecule has 0 atom stereocenters. The molecule has 5 heteroatoms. The predicted octanol–water partition coefficient (Wildman–Crippen LogP) is 3.02. The van der Waals surface area contributed by atoms with E-state index in [0.29, 0.717) is 0 Å². The molecule has 1 aliphatic heterocycles. The van der Waals surface area contributed by atoms with Gasteiger partial charge < -0.3 is 14.4 Å². The number of hydrogen-bond acceptors (Lipinski definition) is 3. The topological polar surface area (TPSA) is 55.8 Å². The SMILES string of the molecule is CC.Cc1ccc(C(=O)O)cc1B1OC(C)(C)C(C)(C)O1. The van der Waals surface area contributed by atoms with E-state index >= 15 is 0 Å². The minimum absolute atomic E-state index is 0.246. The molecule has 0 radical (unpaired) electrons. The number of benzene rings is 1. The van der Waals surface area contributed by atoms with Gasteiger partial charge in [0, 0.05) is 0 Å². The lowest BCUT2D eigenvalue weighted by molar-refractivity contribution is 0.00578. The van der Waals surface area contributed by atoms with Crippen molar-refractivity contribution >= 4 is 18.6 Å². The van der Waals surface area contributed by atoms with Gasteiger partial charge in [0.1, 0.15) is 0 Å². The van der Waals surface area contributed by atoms with Gasteiger partial charge >= 0.3 is 13.1 Å². The largest absolute Gasteiger partial charge is 0.495 e. The van der Waals surface area contributed by atoms with Gasteiger partial charge in [-0.25, -0.2) is 4.79 Å². The van der Waals surface area contributed by atoms with Crippen molar-refractivity contribution in [3.63, 3.8) is 0 Å². The highest BCUT2D eigenvalue weighted by atomic mass is 16.7. The number of aromatic carboxylic acids is 1. The number of carbonyl (C=O) groups is 1. The van der Waals surface area contributed by atoms with Gasteiger partial charge in [0.05, 0.1) is 16.8 Å². The molecule has 1 heterocycles. The molecule has 0 unspecified atom stereocenters. The number of aryl methyl sites for hydroxylation is 1. The van der Waals surface area contributed by atoms with Crippen molar-refractivity contribution < 1.29 is 19.2 Å². The van der Waals surface area contributed by atoms with E-state index in [4.69, 9.17) is 14.4 Å². The number of hydrogen-bond donors (Lipinski definition) is 1. The maximum atomic E-state index is 11.1. The summed E-state index contributed by atoms with van der Waals surface area (Å²) in [6.07, 6.45) is 0. The lowest BCUT2D eigenvalue weighted by Gasteiger charge is -2.32. The van der Waals surface area contributed by atoms with Gasteiger partial charge in [0.25, 0.3) is 0 Å². The van der Waals surface area contributed by atoms with Crippen LogP contribution in [0.15, 0.2) is 18.2 Å². The van der Waals surface area contributed by atoms with Crippen LogP contribution in [0, 0.1) is 6.92 Å². The molecule has 1 aliphatic rings. The first-order valence-corrected chi connectivity index (χ1v) is 7.33. The Morgan fingerprint density at radius 3 is 2.00 bits per heavy atom. The molecule has 0 aromatic heterocycles.